The van der Waals surface area contributed by atoms with Crippen LogP contribution in [0.15, 0.2) is 48.7 Å². The van der Waals surface area contributed by atoms with Crippen molar-refractivity contribution in [3.63, 3.8) is 0 Å². The summed E-state index contributed by atoms with van der Waals surface area (Å²) in [4.78, 5) is 24.5. The summed E-state index contributed by atoms with van der Waals surface area (Å²) >= 11 is 0. The number of hydrogen-bond acceptors (Lipinski definition) is 3. The first-order chi connectivity index (χ1) is 12.6. The lowest BCUT2D eigenvalue weighted by atomic mass is 9.97. The number of benzene rings is 1. The predicted molar refractivity (Wildman–Crippen MR) is 103 cm³/mol. The summed E-state index contributed by atoms with van der Waals surface area (Å²) in [6.45, 7) is 6.42. The Labute approximate surface area is 153 Å². The fourth-order valence-electron chi connectivity index (χ4n) is 3.33. The molecule has 4 heteroatoms. The van der Waals surface area contributed by atoms with Crippen LogP contribution in [0.25, 0.3) is 16.6 Å². The van der Waals surface area contributed by atoms with E-state index in [0.29, 0.717) is 28.3 Å². The molecule has 0 saturated carbocycles. The number of carbonyl (C=O) groups excluding carboxylic acids is 2. The van der Waals surface area contributed by atoms with Crippen LogP contribution in [0.5, 0.6) is 0 Å². The van der Waals surface area contributed by atoms with E-state index in [1.807, 2.05) is 30.3 Å². The number of nitrogens with zero attached hydrogens (tertiary/aromatic N) is 1. The molecule has 3 aromatic rings. The highest BCUT2D eigenvalue weighted by Crippen LogP contribution is 2.33. The van der Waals surface area contributed by atoms with Gasteiger partial charge in [0, 0.05) is 11.8 Å². The van der Waals surface area contributed by atoms with E-state index >= 15 is 0 Å². The highest BCUT2D eigenvalue weighted by molar-refractivity contribution is 6.09. The number of rotatable bonds is 6. The van der Waals surface area contributed by atoms with Crippen LogP contribution >= 0.6 is 0 Å². The third-order valence-electron chi connectivity index (χ3n) is 4.36. The summed E-state index contributed by atoms with van der Waals surface area (Å²) in [6.07, 6.45) is 3.58. The number of esters is 1. The minimum atomic E-state index is -0.412. The monoisotopic (exact) mass is 349 g/mol. The van der Waals surface area contributed by atoms with E-state index in [1.165, 1.54) is 5.56 Å². The Morgan fingerprint density at radius 2 is 1.88 bits per heavy atom. The van der Waals surface area contributed by atoms with Gasteiger partial charge in [-0.05, 0) is 42.5 Å². The zero-order valence-electron chi connectivity index (χ0n) is 15.4. The second kappa shape index (κ2) is 7.56. The Hall–Kier alpha value is -2.88. The first-order valence-corrected chi connectivity index (χ1v) is 8.91. The standard InChI is InChI=1S/C22H23NO3/c1-4-26-22(25)21-18-7-5-6-12-23(18)19(14-24)20(21)17-10-8-16(9-11-17)13-15(2)3/h5-12,14-15H,4,13H2,1-3H3. The second-order valence-electron chi connectivity index (χ2n) is 6.72. The van der Waals surface area contributed by atoms with Crippen LogP contribution < -0.4 is 0 Å². The molecule has 0 bridgehead atoms. The summed E-state index contributed by atoms with van der Waals surface area (Å²) < 4.78 is 7.01. The van der Waals surface area contributed by atoms with Crippen LogP contribution in [-0.4, -0.2) is 23.3 Å². The van der Waals surface area contributed by atoms with Crippen LogP contribution in [0.4, 0.5) is 0 Å². The average molecular weight is 349 g/mol. The zero-order valence-corrected chi connectivity index (χ0v) is 15.4. The van der Waals surface area contributed by atoms with Gasteiger partial charge in [-0.25, -0.2) is 4.79 Å². The van der Waals surface area contributed by atoms with Gasteiger partial charge in [-0.1, -0.05) is 44.2 Å². The molecule has 0 spiro atoms. The SMILES string of the molecule is CCOC(=O)c1c(-c2ccc(CC(C)C)cc2)c(C=O)n2ccccc12. The minimum Gasteiger partial charge on any atom is -0.462 e. The molecule has 0 aliphatic carbocycles. The van der Waals surface area contributed by atoms with E-state index in [4.69, 9.17) is 4.74 Å². The molecule has 0 N–H and O–H groups in total. The van der Waals surface area contributed by atoms with Gasteiger partial charge in [-0.15, -0.1) is 0 Å². The smallest absolute Gasteiger partial charge is 0.340 e. The molecule has 0 aliphatic heterocycles. The molecule has 2 aromatic heterocycles. The topological polar surface area (TPSA) is 47.8 Å². The molecule has 26 heavy (non-hydrogen) atoms. The van der Waals surface area contributed by atoms with Crippen molar-refractivity contribution in [3.8, 4) is 11.1 Å². The molecule has 1 aromatic carbocycles. The predicted octanol–water partition coefficient (Wildman–Crippen LogP) is 4.79. The third kappa shape index (κ3) is 3.27. The van der Waals surface area contributed by atoms with Gasteiger partial charge in [0.15, 0.2) is 6.29 Å². The summed E-state index contributed by atoms with van der Waals surface area (Å²) in [5, 5.41) is 0. The number of carbonyl (C=O) groups is 2. The average Bonchev–Trinajstić information content (AvgIpc) is 2.96. The van der Waals surface area contributed by atoms with Gasteiger partial charge in [0.2, 0.25) is 0 Å². The number of ether oxygens (including phenoxy) is 1. The Morgan fingerprint density at radius 1 is 1.15 bits per heavy atom. The van der Waals surface area contributed by atoms with E-state index in [9.17, 15) is 9.59 Å². The zero-order chi connectivity index (χ0) is 18.7. The molecule has 0 saturated heterocycles. The number of fused-ring (bicyclic) bond motifs is 1. The number of hydrogen-bond donors (Lipinski definition) is 0. The summed E-state index contributed by atoms with van der Waals surface area (Å²) in [5.74, 6) is 0.157. The van der Waals surface area contributed by atoms with E-state index in [0.717, 1.165) is 18.3 Å². The molecule has 0 amide bonds. The van der Waals surface area contributed by atoms with Gasteiger partial charge in [-0.2, -0.15) is 0 Å². The van der Waals surface area contributed by atoms with E-state index < -0.39 is 5.97 Å². The van der Waals surface area contributed by atoms with Gasteiger partial charge in [0.1, 0.15) is 0 Å². The van der Waals surface area contributed by atoms with Crippen molar-refractivity contribution in [2.45, 2.75) is 27.2 Å². The highest BCUT2D eigenvalue weighted by atomic mass is 16.5. The minimum absolute atomic E-state index is 0.284. The van der Waals surface area contributed by atoms with Crippen LogP contribution in [0.2, 0.25) is 0 Å². The molecule has 134 valence electrons. The van der Waals surface area contributed by atoms with Crippen molar-refractivity contribution in [2.24, 2.45) is 5.92 Å². The molecule has 0 unspecified atom stereocenters. The number of aromatic nitrogens is 1. The van der Waals surface area contributed by atoms with Crippen LogP contribution in [0.3, 0.4) is 0 Å². The molecule has 0 radical (unpaired) electrons. The molecule has 0 atom stereocenters. The quantitative estimate of drug-likeness (QED) is 0.475. The molecule has 0 aliphatic rings. The lowest BCUT2D eigenvalue weighted by Crippen LogP contribution is -2.06. The normalized spacial score (nSPS) is 11.1. The molecular weight excluding hydrogens is 326 g/mol. The largest absolute Gasteiger partial charge is 0.462 e. The molecular formula is C22H23NO3. The van der Waals surface area contributed by atoms with Gasteiger partial charge < -0.3 is 9.14 Å². The Bertz CT molecular complexity index is 936. The highest BCUT2D eigenvalue weighted by Gasteiger charge is 2.25. The van der Waals surface area contributed by atoms with Crippen molar-refractivity contribution in [3.05, 3.63) is 65.5 Å². The maximum Gasteiger partial charge on any atom is 0.340 e. The third-order valence-corrected chi connectivity index (χ3v) is 4.36. The van der Waals surface area contributed by atoms with Crippen molar-refractivity contribution < 1.29 is 14.3 Å². The Balaban J connectivity index is 2.22. The molecule has 0 fully saturated rings. The van der Waals surface area contributed by atoms with Crippen molar-refractivity contribution in [2.75, 3.05) is 6.61 Å². The lowest BCUT2D eigenvalue weighted by molar-refractivity contribution is 0.0529. The van der Waals surface area contributed by atoms with Gasteiger partial charge >= 0.3 is 5.97 Å². The maximum atomic E-state index is 12.6. The fourth-order valence-corrected chi connectivity index (χ4v) is 3.33. The Kier molecular flexibility index (Phi) is 5.21. The van der Waals surface area contributed by atoms with E-state index in [1.54, 1.807) is 17.5 Å². The Morgan fingerprint density at radius 3 is 2.50 bits per heavy atom. The van der Waals surface area contributed by atoms with Crippen molar-refractivity contribution in [1.29, 1.82) is 0 Å². The van der Waals surface area contributed by atoms with Crippen molar-refractivity contribution >= 4 is 17.8 Å². The van der Waals surface area contributed by atoms with Crippen LogP contribution in [0, 0.1) is 5.92 Å². The lowest BCUT2D eigenvalue weighted by Gasteiger charge is -2.08. The fraction of sp³-hybridized carbons (Fsp3) is 0.273. The van der Waals surface area contributed by atoms with E-state index in [2.05, 4.69) is 26.0 Å². The van der Waals surface area contributed by atoms with Crippen LogP contribution in [-0.2, 0) is 11.2 Å². The maximum absolute atomic E-state index is 12.6. The second-order valence-corrected chi connectivity index (χ2v) is 6.72. The van der Waals surface area contributed by atoms with E-state index in [-0.39, 0.29) is 6.61 Å². The summed E-state index contributed by atoms with van der Waals surface area (Å²) in [7, 11) is 0. The molecule has 3 rings (SSSR count). The first kappa shape index (κ1) is 17.9. The molecule has 4 nitrogen and oxygen atoms in total. The van der Waals surface area contributed by atoms with Crippen molar-refractivity contribution in [1.82, 2.24) is 4.40 Å². The number of aldehydes is 1. The van der Waals surface area contributed by atoms with Gasteiger partial charge in [0.25, 0.3) is 0 Å². The summed E-state index contributed by atoms with van der Waals surface area (Å²) in [5.41, 5.74) is 4.27. The summed E-state index contributed by atoms with van der Waals surface area (Å²) in [6, 6.07) is 13.6. The van der Waals surface area contributed by atoms with Crippen LogP contribution in [0.1, 0.15) is 47.2 Å². The number of pyridine rings is 1. The molecule has 2 heterocycles. The van der Waals surface area contributed by atoms with Gasteiger partial charge in [-0.3, -0.25) is 4.79 Å². The first-order valence-electron chi connectivity index (χ1n) is 8.91. The van der Waals surface area contributed by atoms with Gasteiger partial charge in [0.05, 0.1) is 23.4 Å².